The smallest absolute Gasteiger partial charge is 0.421 e. The van der Waals surface area contributed by atoms with Gasteiger partial charge in [-0.1, -0.05) is 90.7 Å². The normalized spacial score (nSPS) is 22.2. The number of anilines is 1. The van der Waals surface area contributed by atoms with Crippen LogP contribution >= 0.6 is 0 Å². The Balaban J connectivity index is 1.17. The van der Waals surface area contributed by atoms with Crippen LogP contribution in [0.3, 0.4) is 0 Å². The number of morpholine rings is 1. The number of methoxy groups -OCH3 is 2. The van der Waals surface area contributed by atoms with Gasteiger partial charge in [0.05, 0.1) is 49.4 Å². The number of carbonyl (C=O) groups excluding carboxylic acids is 4. The molecule has 3 amide bonds. The van der Waals surface area contributed by atoms with Crippen molar-refractivity contribution < 1.29 is 52.9 Å². The lowest BCUT2D eigenvalue weighted by atomic mass is 9.64. The van der Waals surface area contributed by atoms with Crippen LogP contribution < -0.4 is 19.1 Å². The van der Waals surface area contributed by atoms with Crippen molar-refractivity contribution in [2.24, 2.45) is 5.92 Å². The number of aliphatic hydroxyl groups is 1. The first-order valence-electron chi connectivity index (χ1n) is 26.1. The highest BCUT2D eigenvalue weighted by Gasteiger charge is 2.76. The molecule has 16 nitrogen and oxygen atoms in total. The molecular formula is C62H56N4O12. The van der Waals surface area contributed by atoms with Crippen molar-refractivity contribution in [2.45, 2.75) is 74.9 Å². The third-order valence-electron chi connectivity index (χ3n) is 15.6. The molecule has 16 heteroatoms. The van der Waals surface area contributed by atoms with E-state index in [2.05, 4.69) is 17.9 Å². The van der Waals surface area contributed by atoms with Crippen molar-refractivity contribution in [1.29, 1.82) is 0 Å². The van der Waals surface area contributed by atoms with E-state index in [9.17, 15) is 15.2 Å². The summed E-state index contributed by atoms with van der Waals surface area (Å²) >= 11 is 0. The lowest BCUT2D eigenvalue weighted by Gasteiger charge is -2.46. The number of allylic oxidation sites excluding steroid dienone is 2. The lowest BCUT2D eigenvalue weighted by molar-refractivity contribution is -0.384. The van der Waals surface area contributed by atoms with Gasteiger partial charge in [0.15, 0.2) is 11.5 Å². The summed E-state index contributed by atoms with van der Waals surface area (Å²) in [5, 5.41) is 21.5. The van der Waals surface area contributed by atoms with Gasteiger partial charge >= 0.3 is 12.1 Å². The van der Waals surface area contributed by atoms with Gasteiger partial charge in [-0.15, -0.1) is 0 Å². The summed E-state index contributed by atoms with van der Waals surface area (Å²) < 4.78 is 30.2. The van der Waals surface area contributed by atoms with Crippen LogP contribution in [0.4, 0.5) is 16.2 Å². The summed E-state index contributed by atoms with van der Waals surface area (Å²) in [5.74, 6) is 4.36. The minimum absolute atomic E-state index is 0.0521. The zero-order valence-electron chi connectivity index (χ0n) is 43.0. The first-order chi connectivity index (χ1) is 38.0. The largest absolute Gasteiger partial charge is 0.493 e. The molecule has 1 spiro atoms. The molecule has 1 N–H and O–H groups in total. The Morgan fingerprint density at radius 2 is 1.51 bits per heavy atom. The summed E-state index contributed by atoms with van der Waals surface area (Å²) in [6, 6.07) is 36.7. The summed E-state index contributed by atoms with van der Waals surface area (Å²) in [6.07, 6.45) is 4.25. The highest BCUT2D eigenvalue weighted by Crippen LogP contribution is 2.66. The van der Waals surface area contributed by atoms with Crippen molar-refractivity contribution in [1.82, 2.24) is 9.80 Å². The Morgan fingerprint density at radius 3 is 2.21 bits per heavy atom. The average Bonchev–Trinajstić information content (AvgIpc) is 3.97. The molecule has 0 aromatic heterocycles. The molecule has 4 aliphatic heterocycles. The number of rotatable bonds is 12. The first-order valence-corrected chi connectivity index (χ1v) is 26.1. The first kappa shape index (κ1) is 51.3. The van der Waals surface area contributed by atoms with E-state index < -0.39 is 64.4 Å². The minimum Gasteiger partial charge on any atom is -0.493 e. The number of imide groups is 1. The molecule has 1 aliphatic carbocycles. The second kappa shape index (κ2) is 21.7. The summed E-state index contributed by atoms with van der Waals surface area (Å²) in [7, 11) is 3.09. The number of ether oxygens (including phenoxy) is 5. The number of nitro benzene ring substituents is 1. The number of fused-ring (bicyclic) bond motifs is 4. The van der Waals surface area contributed by atoms with Gasteiger partial charge in [-0.25, -0.2) is 9.69 Å². The van der Waals surface area contributed by atoms with Crippen LogP contribution in [0.25, 0.3) is 0 Å². The molecule has 5 aliphatic rings. The Bertz CT molecular complexity index is 3410. The zero-order chi connectivity index (χ0) is 54.1. The molecule has 0 saturated carbocycles. The predicted octanol–water partition coefficient (Wildman–Crippen LogP) is 9.42. The van der Waals surface area contributed by atoms with E-state index in [1.165, 1.54) is 31.4 Å². The maximum atomic E-state index is 17.0. The number of benzene rings is 6. The topological polar surface area (TPSA) is 188 Å². The number of hydrogen-bond donors (Lipinski definition) is 1. The van der Waals surface area contributed by atoms with Crippen molar-refractivity contribution in [3.05, 3.63) is 206 Å². The van der Waals surface area contributed by atoms with Gasteiger partial charge in [-0.05, 0) is 131 Å². The Kier molecular flexibility index (Phi) is 14.3. The van der Waals surface area contributed by atoms with Gasteiger partial charge in [0, 0.05) is 30.8 Å². The fourth-order valence-electron chi connectivity index (χ4n) is 12.2. The van der Waals surface area contributed by atoms with E-state index in [1.807, 2.05) is 83.8 Å². The van der Waals surface area contributed by atoms with E-state index in [0.717, 1.165) is 52.8 Å². The quantitative estimate of drug-likeness (QED) is 0.0529. The fourth-order valence-corrected chi connectivity index (χ4v) is 12.2. The fraction of sp³-hybridized carbons (Fsp3) is 0.290. The SMILES string of the molecule is COc1cc2c(cc1OC)CN(C(=O)C1C3C(=O)OC(c4ccccc4)C(c4ccccc4)N3C(c3cccc(OCCO)c3)C13C(=O)N(C(=O)OCc1ccc([N+](=O)[O-])cc1)c1ccc(C#CC4=CCCCC4)cc13)CC2. The molecule has 4 heterocycles. The van der Waals surface area contributed by atoms with Crippen molar-refractivity contribution in [3.8, 4) is 29.1 Å². The van der Waals surface area contributed by atoms with E-state index in [0.29, 0.717) is 45.9 Å². The number of non-ortho nitro benzene ring substituents is 1. The predicted molar refractivity (Wildman–Crippen MR) is 286 cm³/mol. The van der Waals surface area contributed by atoms with Gasteiger partial charge in [0.1, 0.15) is 36.5 Å². The van der Waals surface area contributed by atoms with Crippen LogP contribution in [0.5, 0.6) is 17.2 Å². The molecule has 78 heavy (non-hydrogen) atoms. The maximum Gasteiger partial charge on any atom is 0.421 e. The highest BCUT2D eigenvalue weighted by atomic mass is 16.6. The number of carbonyl (C=O) groups is 4. The van der Waals surface area contributed by atoms with E-state index in [1.54, 1.807) is 48.4 Å². The average molecular weight is 1050 g/mol. The summed E-state index contributed by atoms with van der Waals surface area (Å²) in [4.78, 5) is 80.2. The number of amides is 3. The van der Waals surface area contributed by atoms with Gasteiger partial charge in [-0.2, -0.15) is 0 Å². The minimum atomic E-state index is -2.13. The molecule has 2 fully saturated rings. The molecule has 0 radical (unpaired) electrons. The Labute approximate surface area is 450 Å². The number of aliphatic hydroxyl groups excluding tert-OH is 1. The second-order valence-corrected chi connectivity index (χ2v) is 20.0. The van der Waals surface area contributed by atoms with E-state index in [-0.39, 0.29) is 49.8 Å². The molecule has 6 aromatic rings. The van der Waals surface area contributed by atoms with Crippen LogP contribution in [-0.2, 0) is 48.8 Å². The molecule has 396 valence electrons. The van der Waals surface area contributed by atoms with Crippen molar-refractivity contribution in [2.75, 3.05) is 38.9 Å². The molecule has 6 unspecified atom stereocenters. The molecular weight excluding hydrogens is 993 g/mol. The van der Waals surface area contributed by atoms with Crippen LogP contribution in [0.2, 0.25) is 0 Å². The standard InChI is InChI=1S/C62H56N4O12/c1-74-51-35-44-29-30-63(37-46(44)36-52(51)75-2)58(68)53-55-59(69)78-56(43-17-10-5-11-18-43)54(42-15-8-4-9-16-42)65(55)57(45-19-12-20-48(34-45)76-32-31-67)62(53)49-33-40(22-21-39-13-6-3-7-14-39)25-28-50(49)64(60(62)70)61(71)77-38-41-23-26-47(27-24-41)66(72)73/h4-5,8-13,15-20,23-28,33-36,53-57,67H,3,6-7,14,29-32,37-38H2,1-2H3. The number of nitro groups is 1. The summed E-state index contributed by atoms with van der Waals surface area (Å²) in [5.41, 5.74) is 3.58. The van der Waals surface area contributed by atoms with Crippen LogP contribution in [-0.4, -0.2) is 83.7 Å². The number of nitrogens with zero attached hydrogens (tertiary/aromatic N) is 4. The van der Waals surface area contributed by atoms with Gasteiger partial charge < -0.3 is 33.7 Å². The summed E-state index contributed by atoms with van der Waals surface area (Å²) in [6.45, 7) is -0.430. The van der Waals surface area contributed by atoms with Crippen molar-refractivity contribution in [3.63, 3.8) is 0 Å². The van der Waals surface area contributed by atoms with Crippen LogP contribution in [0.15, 0.2) is 151 Å². The lowest BCUT2D eigenvalue weighted by Crippen LogP contribution is -2.57. The van der Waals surface area contributed by atoms with E-state index in [4.69, 9.17) is 23.7 Å². The molecule has 11 rings (SSSR count). The second-order valence-electron chi connectivity index (χ2n) is 20.0. The van der Waals surface area contributed by atoms with E-state index >= 15 is 19.2 Å². The molecule has 0 bridgehead atoms. The monoisotopic (exact) mass is 1050 g/mol. The third kappa shape index (κ3) is 9.18. The van der Waals surface area contributed by atoms with Gasteiger partial charge in [0.25, 0.3) is 5.69 Å². The van der Waals surface area contributed by atoms with Crippen molar-refractivity contribution >= 4 is 35.3 Å². The highest BCUT2D eigenvalue weighted by molar-refractivity contribution is 6.23. The zero-order valence-corrected chi connectivity index (χ0v) is 43.0. The third-order valence-corrected chi connectivity index (χ3v) is 15.6. The number of cyclic esters (lactones) is 1. The van der Waals surface area contributed by atoms with Gasteiger partial charge in [-0.3, -0.25) is 29.4 Å². The number of esters is 1. The van der Waals surface area contributed by atoms with Gasteiger partial charge in [0.2, 0.25) is 11.8 Å². The maximum absolute atomic E-state index is 17.0. The molecule has 2 saturated heterocycles. The van der Waals surface area contributed by atoms with Crippen LogP contribution in [0.1, 0.15) is 88.4 Å². The number of hydrogen-bond acceptors (Lipinski definition) is 13. The Morgan fingerprint density at radius 1 is 0.795 bits per heavy atom. The Hall–Kier alpha value is -8.78. The van der Waals surface area contributed by atoms with Crippen LogP contribution in [0, 0.1) is 27.9 Å². The molecule has 6 atom stereocenters. The molecule has 6 aromatic carbocycles.